The van der Waals surface area contributed by atoms with Gasteiger partial charge in [-0.05, 0) is 26.3 Å². The fraction of sp³-hybridized carbons (Fsp3) is 0.545. The van der Waals surface area contributed by atoms with E-state index in [0.29, 0.717) is 23.7 Å². The van der Waals surface area contributed by atoms with Gasteiger partial charge in [0.15, 0.2) is 0 Å². The average molecular weight is 226 g/mol. The highest BCUT2D eigenvalue weighted by molar-refractivity contribution is 5.94. The maximum Gasteiger partial charge on any atom is 0.268 e. The van der Waals surface area contributed by atoms with Crippen molar-refractivity contribution in [1.82, 2.24) is 5.43 Å². The number of nitrogen functional groups attached to an aromatic ring is 1. The Hall–Kier alpha value is -1.33. The first-order chi connectivity index (χ1) is 7.58. The van der Waals surface area contributed by atoms with Crippen molar-refractivity contribution in [1.29, 1.82) is 0 Å². The Kier molecular flexibility index (Phi) is 4.52. The number of rotatable bonds is 5. The minimum atomic E-state index is -0.351. The predicted molar refractivity (Wildman–Crippen MR) is 59.6 cm³/mol. The third-order valence-corrected chi connectivity index (χ3v) is 2.43. The summed E-state index contributed by atoms with van der Waals surface area (Å²) in [6.45, 7) is 6.12. The van der Waals surface area contributed by atoms with Crippen molar-refractivity contribution in [3.8, 4) is 0 Å². The van der Waals surface area contributed by atoms with Crippen LogP contribution in [0, 0.1) is 6.92 Å². The van der Waals surface area contributed by atoms with E-state index in [4.69, 9.17) is 15.0 Å². The number of aryl methyl sites for hydroxylation is 1. The Labute approximate surface area is 94.9 Å². The normalized spacial score (nSPS) is 12.5. The molecule has 1 amide bonds. The Balaban J connectivity index is 2.66. The van der Waals surface area contributed by atoms with Gasteiger partial charge in [0, 0.05) is 0 Å². The summed E-state index contributed by atoms with van der Waals surface area (Å²) in [7, 11) is 0. The van der Waals surface area contributed by atoms with Crippen LogP contribution in [0.25, 0.3) is 0 Å². The van der Waals surface area contributed by atoms with Gasteiger partial charge < -0.3 is 9.15 Å². The van der Waals surface area contributed by atoms with E-state index < -0.39 is 0 Å². The zero-order valence-corrected chi connectivity index (χ0v) is 9.87. The SMILES string of the molecule is CCC(C)OCc1cc(C(=O)NN)c(C)o1. The molecule has 1 atom stereocenters. The molecule has 90 valence electrons. The van der Waals surface area contributed by atoms with Crippen molar-refractivity contribution in [2.45, 2.75) is 39.9 Å². The van der Waals surface area contributed by atoms with Gasteiger partial charge in [-0.3, -0.25) is 10.2 Å². The second-order valence-corrected chi connectivity index (χ2v) is 3.69. The predicted octanol–water partition coefficient (Wildman–Crippen LogP) is 1.51. The molecule has 0 saturated carbocycles. The number of hydrazine groups is 1. The van der Waals surface area contributed by atoms with Crippen molar-refractivity contribution >= 4 is 5.91 Å². The van der Waals surface area contributed by atoms with E-state index in [2.05, 4.69) is 5.43 Å². The molecule has 5 nitrogen and oxygen atoms in total. The number of amides is 1. The lowest BCUT2D eigenvalue weighted by atomic mass is 10.2. The van der Waals surface area contributed by atoms with Crippen molar-refractivity contribution in [2.24, 2.45) is 5.84 Å². The topological polar surface area (TPSA) is 77.5 Å². The lowest BCUT2D eigenvalue weighted by Gasteiger charge is -2.07. The number of ether oxygens (including phenoxy) is 1. The van der Waals surface area contributed by atoms with Crippen LogP contribution in [0.4, 0.5) is 0 Å². The number of nitrogens with two attached hydrogens (primary N) is 1. The highest BCUT2D eigenvalue weighted by Gasteiger charge is 2.14. The molecule has 0 saturated heterocycles. The van der Waals surface area contributed by atoms with Gasteiger partial charge in [0.05, 0.1) is 11.7 Å². The molecule has 1 aromatic rings. The third-order valence-electron chi connectivity index (χ3n) is 2.43. The molecule has 1 heterocycles. The van der Waals surface area contributed by atoms with E-state index in [1.165, 1.54) is 0 Å². The quantitative estimate of drug-likeness (QED) is 0.453. The first-order valence-electron chi connectivity index (χ1n) is 5.30. The number of carbonyl (C=O) groups is 1. The second-order valence-electron chi connectivity index (χ2n) is 3.69. The molecule has 5 heteroatoms. The van der Waals surface area contributed by atoms with Crippen molar-refractivity contribution in [3.63, 3.8) is 0 Å². The molecule has 0 fully saturated rings. The second kappa shape index (κ2) is 5.67. The van der Waals surface area contributed by atoms with Gasteiger partial charge in [-0.2, -0.15) is 0 Å². The van der Waals surface area contributed by atoms with Crippen LogP contribution in [0.1, 0.15) is 42.1 Å². The van der Waals surface area contributed by atoms with Crippen LogP contribution in [-0.2, 0) is 11.3 Å². The van der Waals surface area contributed by atoms with Gasteiger partial charge in [0.25, 0.3) is 5.91 Å². The maximum atomic E-state index is 11.3. The van der Waals surface area contributed by atoms with Crippen LogP contribution in [0.5, 0.6) is 0 Å². The lowest BCUT2D eigenvalue weighted by molar-refractivity contribution is 0.0403. The summed E-state index contributed by atoms with van der Waals surface area (Å²) in [6, 6.07) is 1.65. The molecule has 0 spiro atoms. The Morgan fingerprint density at radius 1 is 1.69 bits per heavy atom. The van der Waals surface area contributed by atoms with E-state index in [0.717, 1.165) is 6.42 Å². The van der Waals surface area contributed by atoms with Gasteiger partial charge >= 0.3 is 0 Å². The van der Waals surface area contributed by atoms with E-state index in [9.17, 15) is 4.79 Å². The van der Waals surface area contributed by atoms with Gasteiger partial charge in [-0.15, -0.1) is 0 Å². The first kappa shape index (κ1) is 12.7. The molecule has 16 heavy (non-hydrogen) atoms. The fourth-order valence-corrected chi connectivity index (χ4v) is 1.26. The highest BCUT2D eigenvalue weighted by atomic mass is 16.5. The number of hydrogen-bond donors (Lipinski definition) is 2. The number of nitrogens with one attached hydrogen (secondary N) is 1. The fourth-order valence-electron chi connectivity index (χ4n) is 1.26. The molecule has 0 aliphatic carbocycles. The largest absolute Gasteiger partial charge is 0.463 e. The molecule has 1 unspecified atom stereocenters. The minimum absolute atomic E-state index is 0.178. The van der Waals surface area contributed by atoms with Crippen LogP contribution < -0.4 is 11.3 Å². The molecule has 1 rings (SSSR count). The van der Waals surface area contributed by atoms with Crippen LogP contribution >= 0.6 is 0 Å². The zero-order chi connectivity index (χ0) is 12.1. The number of hydrogen-bond acceptors (Lipinski definition) is 4. The molecule has 0 aliphatic rings. The monoisotopic (exact) mass is 226 g/mol. The van der Waals surface area contributed by atoms with Gasteiger partial charge in [0.1, 0.15) is 18.1 Å². The van der Waals surface area contributed by atoms with Crippen LogP contribution in [0.3, 0.4) is 0 Å². The standard InChI is InChI=1S/C11H18N2O3/c1-4-7(2)15-6-9-5-10(8(3)16-9)11(14)13-12/h5,7H,4,6,12H2,1-3H3,(H,13,14). The molecule has 0 aliphatic heterocycles. The van der Waals surface area contributed by atoms with E-state index in [-0.39, 0.29) is 12.0 Å². The molecule has 0 bridgehead atoms. The summed E-state index contributed by atoms with van der Waals surface area (Å²) in [4.78, 5) is 11.3. The molecule has 0 radical (unpaired) electrons. The lowest BCUT2D eigenvalue weighted by Crippen LogP contribution is -2.30. The highest BCUT2D eigenvalue weighted by Crippen LogP contribution is 2.16. The van der Waals surface area contributed by atoms with Crippen molar-refractivity contribution in [2.75, 3.05) is 0 Å². The number of carbonyl (C=O) groups excluding carboxylic acids is 1. The molecule has 1 aromatic heterocycles. The summed E-state index contributed by atoms with van der Waals surface area (Å²) in [5.41, 5.74) is 2.52. The Morgan fingerprint density at radius 3 is 2.94 bits per heavy atom. The third kappa shape index (κ3) is 3.08. The smallest absolute Gasteiger partial charge is 0.268 e. The molecular weight excluding hydrogens is 208 g/mol. The number of furan rings is 1. The van der Waals surface area contributed by atoms with E-state index in [1.807, 2.05) is 13.8 Å². The average Bonchev–Trinajstić information content (AvgIpc) is 2.66. The molecule has 0 aromatic carbocycles. The van der Waals surface area contributed by atoms with Crippen molar-refractivity contribution in [3.05, 3.63) is 23.2 Å². The van der Waals surface area contributed by atoms with Gasteiger partial charge in [-0.25, -0.2) is 5.84 Å². The van der Waals surface area contributed by atoms with Crippen LogP contribution in [0.15, 0.2) is 10.5 Å². The van der Waals surface area contributed by atoms with Crippen LogP contribution in [-0.4, -0.2) is 12.0 Å². The van der Waals surface area contributed by atoms with Crippen molar-refractivity contribution < 1.29 is 13.9 Å². The summed E-state index contributed by atoms with van der Waals surface area (Å²) in [5.74, 6) is 5.89. The molecule has 3 N–H and O–H groups in total. The van der Waals surface area contributed by atoms with E-state index >= 15 is 0 Å². The summed E-state index contributed by atoms with van der Waals surface area (Å²) in [5, 5.41) is 0. The minimum Gasteiger partial charge on any atom is -0.463 e. The first-order valence-corrected chi connectivity index (χ1v) is 5.30. The van der Waals surface area contributed by atoms with Gasteiger partial charge in [0.2, 0.25) is 0 Å². The van der Waals surface area contributed by atoms with Gasteiger partial charge in [-0.1, -0.05) is 6.92 Å². The maximum absolute atomic E-state index is 11.3. The Morgan fingerprint density at radius 2 is 2.38 bits per heavy atom. The summed E-state index contributed by atoms with van der Waals surface area (Å²) in [6.07, 6.45) is 1.12. The van der Waals surface area contributed by atoms with E-state index in [1.54, 1.807) is 13.0 Å². The molecular formula is C11H18N2O3. The van der Waals surface area contributed by atoms with Crippen LogP contribution in [0.2, 0.25) is 0 Å². The zero-order valence-electron chi connectivity index (χ0n) is 9.87. The Bertz CT molecular complexity index is 360. The summed E-state index contributed by atoms with van der Waals surface area (Å²) < 4.78 is 10.9. The summed E-state index contributed by atoms with van der Waals surface area (Å²) >= 11 is 0.